The standard InChI is InChI=1S/C48H47N3O3/c1-8-10-11-29(9-2)27-51-45(52)38-23-35(32-16-12-30(25-49)13-17-32)41-37-22-34(48(6,7)28-47(3,4)5)20-21-40(37)54-44-36(33-18-14-31(26-50)15-19-33)24-39(46(51)53)42(38)43(41)44/h12-24,29H,8-11,27-28H2,1-7H3. The fourth-order valence-electron chi connectivity index (χ4n) is 8.72. The predicted octanol–water partition coefficient (Wildman–Crippen LogP) is 11.9. The van der Waals surface area contributed by atoms with Gasteiger partial charge in [-0.2, -0.15) is 10.5 Å². The molecule has 7 aromatic rings. The quantitative estimate of drug-likeness (QED) is 0.104. The molecule has 0 aliphatic carbocycles. The van der Waals surface area contributed by atoms with E-state index in [1.54, 1.807) is 24.3 Å². The van der Waals surface area contributed by atoms with Crippen LogP contribution in [0.4, 0.5) is 0 Å². The van der Waals surface area contributed by atoms with Gasteiger partial charge in [0.2, 0.25) is 0 Å². The zero-order chi connectivity index (χ0) is 38.5. The molecule has 5 aromatic carbocycles. The normalized spacial score (nSPS) is 12.8. The Labute approximate surface area is 316 Å². The molecule has 0 bridgehead atoms. The van der Waals surface area contributed by atoms with Gasteiger partial charge in [0, 0.05) is 44.4 Å². The van der Waals surface area contributed by atoms with Crippen molar-refractivity contribution in [3.63, 3.8) is 0 Å². The van der Waals surface area contributed by atoms with Crippen molar-refractivity contribution >= 4 is 43.5 Å². The summed E-state index contributed by atoms with van der Waals surface area (Å²) < 4.78 is 8.40. The Bertz CT molecular complexity index is 2710. The minimum atomic E-state index is -0.299. The maximum atomic E-state index is 14.7. The summed E-state index contributed by atoms with van der Waals surface area (Å²) in [5.41, 5.74) is 6.03. The van der Waals surface area contributed by atoms with Crippen LogP contribution in [-0.4, -0.2) is 4.57 Å². The van der Waals surface area contributed by atoms with Crippen LogP contribution in [0.25, 0.3) is 65.7 Å². The second-order valence-corrected chi connectivity index (χ2v) is 16.8. The lowest BCUT2D eigenvalue weighted by Gasteiger charge is -2.33. The first kappa shape index (κ1) is 36.6. The van der Waals surface area contributed by atoms with Crippen molar-refractivity contribution < 1.29 is 4.42 Å². The average molecular weight is 714 g/mol. The maximum Gasteiger partial charge on any atom is 0.261 e. The van der Waals surface area contributed by atoms with Crippen molar-refractivity contribution in [1.29, 1.82) is 10.5 Å². The maximum absolute atomic E-state index is 14.7. The summed E-state index contributed by atoms with van der Waals surface area (Å²) >= 11 is 0. The molecule has 0 saturated heterocycles. The van der Waals surface area contributed by atoms with Gasteiger partial charge in [-0.3, -0.25) is 14.2 Å². The molecule has 2 aromatic heterocycles. The summed E-state index contributed by atoms with van der Waals surface area (Å²) in [6, 6.07) is 29.5. The van der Waals surface area contributed by atoms with E-state index < -0.39 is 0 Å². The Morgan fingerprint density at radius 1 is 0.704 bits per heavy atom. The Morgan fingerprint density at radius 3 is 1.81 bits per heavy atom. The number of unbranched alkanes of at least 4 members (excludes halogenated alkanes) is 1. The number of nitriles is 2. The molecule has 1 atom stereocenters. The summed E-state index contributed by atoms with van der Waals surface area (Å²) in [6.45, 7) is 15.9. The molecule has 0 saturated carbocycles. The summed E-state index contributed by atoms with van der Waals surface area (Å²) in [6.07, 6.45) is 4.84. The molecular weight excluding hydrogens is 667 g/mol. The number of hydrogen-bond donors (Lipinski definition) is 0. The van der Waals surface area contributed by atoms with Crippen LogP contribution in [0.5, 0.6) is 0 Å². The molecule has 0 aliphatic heterocycles. The van der Waals surface area contributed by atoms with Crippen LogP contribution in [0.15, 0.2) is 92.9 Å². The molecule has 0 N–H and O–H groups in total. The number of fused-ring (bicyclic) bond motifs is 2. The van der Waals surface area contributed by atoms with Crippen LogP contribution in [-0.2, 0) is 12.0 Å². The molecule has 1 unspecified atom stereocenters. The van der Waals surface area contributed by atoms with Crippen molar-refractivity contribution in [2.75, 3.05) is 0 Å². The third-order valence-electron chi connectivity index (χ3n) is 11.2. The fourth-order valence-corrected chi connectivity index (χ4v) is 8.72. The molecule has 54 heavy (non-hydrogen) atoms. The molecule has 0 aliphatic rings. The molecule has 0 fully saturated rings. The summed E-state index contributed by atoms with van der Waals surface area (Å²) in [5.74, 6) is 0.188. The molecule has 6 heteroatoms. The van der Waals surface area contributed by atoms with Crippen LogP contribution in [0.1, 0.15) is 97.3 Å². The van der Waals surface area contributed by atoms with Gasteiger partial charge in [0.05, 0.1) is 23.3 Å². The van der Waals surface area contributed by atoms with Gasteiger partial charge in [-0.15, -0.1) is 0 Å². The molecule has 0 radical (unpaired) electrons. The van der Waals surface area contributed by atoms with Gasteiger partial charge >= 0.3 is 0 Å². The van der Waals surface area contributed by atoms with Gasteiger partial charge in [0.25, 0.3) is 11.1 Å². The van der Waals surface area contributed by atoms with Crippen molar-refractivity contribution in [3.8, 4) is 34.4 Å². The third kappa shape index (κ3) is 6.45. The molecular formula is C48H47N3O3. The number of pyridine rings is 1. The summed E-state index contributed by atoms with van der Waals surface area (Å²) in [4.78, 5) is 29.5. The predicted molar refractivity (Wildman–Crippen MR) is 221 cm³/mol. The smallest absolute Gasteiger partial charge is 0.261 e. The van der Waals surface area contributed by atoms with E-state index in [-0.39, 0.29) is 27.9 Å². The number of rotatable bonds is 10. The first-order chi connectivity index (χ1) is 25.8. The first-order valence-corrected chi connectivity index (χ1v) is 19.2. The Hall–Kier alpha value is -5.72. The first-order valence-electron chi connectivity index (χ1n) is 19.2. The lowest BCUT2D eigenvalue weighted by molar-refractivity contribution is 0.284. The third-order valence-corrected chi connectivity index (χ3v) is 11.2. The van der Waals surface area contributed by atoms with Crippen molar-refractivity contribution in [1.82, 2.24) is 4.57 Å². The highest BCUT2D eigenvalue weighted by atomic mass is 16.3. The minimum absolute atomic E-state index is 0.0902. The van der Waals surface area contributed by atoms with Gasteiger partial charge in [0.15, 0.2) is 0 Å². The van der Waals surface area contributed by atoms with Crippen LogP contribution in [0, 0.1) is 34.0 Å². The lowest BCUT2D eigenvalue weighted by atomic mass is 9.72. The molecule has 0 amide bonds. The summed E-state index contributed by atoms with van der Waals surface area (Å²) in [5, 5.41) is 23.3. The highest BCUT2D eigenvalue weighted by Gasteiger charge is 2.30. The second kappa shape index (κ2) is 13.9. The molecule has 0 spiro atoms. The van der Waals surface area contributed by atoms with Gasteiger partial charge in [-0.25, -0.2) is 0 Å². The van der Waals surface area contributed by atoms with Crippen molar-refractivity contribution in [2.24, 2.45) is 11.3 Å². The van der Waals surface area contributed by atoms with E-state index in [4.69, 9.17) is 4.42 Å². The van der Waals surface area contributed by atoms with E-state index in [1.165, 1.54) is 4.57 Å². The Kier molecular flexibility index (Phi) is 9.45. The van der Waals surface area contributed by atoms with E-state index in [0.717, 1.165) is 76.1 Å². The summed E-state index contributed by atoms with van der Waals surface area (Å²) in [7, 11) is 0. The van der Waals surface area contributed by atoms with E-state index in [1.807, 2.05) is 42.5 Å². The topological polar surface area (TPSA) is 99.8 Å². The van der Waals surface area contributed by atoms with Crippen LogP contribution in [0.2, 0.25) is 0 Å². The zero-order valence-electron chi connectivity index (χ0n) is 32.4. The minimum Gasteiger partial charge on any atom is -0.455 e. The van der Waals surface area contributed by atoms with Gasteiger partial charge in [-0.05, 0) is 100 Å². The number of hydrogen-bond acceptors (Lipinski definition) is 5. The molecule has 6 nitrogen and oxygen atoms in total. The monoisotopic (exact) mass is 713 g/mol. The van der Waals surface area contributed by atoms with Crippen LogP contribution >= 0.6 is 0 Å². The largest absolute Gasteiger partial charge is 0.455 e. The number of benzene rings is 5. The molecule has 2 heterocycles. The van der Waals surface area contributed by atoms with Crippen LogP contribution in [0.3, 0.4) is 0 Å². The van der Waals surface area contributed by atoms with Gasteiger partial charge in [-0.1, -0.05) is 98.1 Å². The van der Waals surface area contributed by atoms with Gasteiger partial charge in [0.1, 0.15) is 11.2 Å². The lowest BCUT2D eigenvalue weighted by Crippen LogP contribution is -2.35. The Balaban J connectivity index is 1.69. The molecule has 272 valence electrons. The van der Waals surface area contributed by atoms with E-state index in [9.17, 15) is 20.1 Å². The van der Waals surface area contributed by atoms with Crippen LogP contribution < -0.4 is 11.1 Å². The number of aromatic nitrogens is 1. The zero-order valence-corrected chi connectivity index (χ0v) is 32.4. The highest BCUT2D eigenvalue weighted by molar-refractivity contribution is 6.32. The Morgan fingerprint density at radius 2 is 1.28 bits per heavy atom. The van der Waals surface area contributed by atoms with E-state index >= 15 is 0 Å². The fraction of sp³-hybridized carbons (Fsp3) is 0.333. The van der Waals surface area contributed by atoms with Gasteiger partial charge < -0.3 is 4.42 Å². The van der Waals surface area contributed by atoms with E-state index in [0.29, 0.717) is 45.0 Å². The van der Waals surface area contributed by atoms with Crippen molar-refractivity contribution in [2.45, 2.75) is 92.5 Å². The number of nitrogens with zero attached hydrogens (tertiary/aromatic N) is 3. The van der Waals surface area contributed by atoms with E-state index in [2.05, 4.69) is 72.7 Å². The average Bonchev–Trinajstić information content (AvgIpc) is 3.16. The highest BCUT2D eigenvalue weighted by Crippen LogP contribution is 2.47. The second-order valence-electron chi connectivity index (χ2n) is 16.8. The molecule has 7 rings (SSSR count). The van der Waals surface area contributed by atoms with Crippen molar-refractivity contribution in [3.05, 3.63) is 116 Å². The SMILES string of the molecule is CCCCC(CC)Cn1c(=O)c2cc(-c3ccc(C#N)cc3)c3oc4ccc(C(C)(C)CC(C)(C)C)cc4c4c(-c5ccc(C#N)cc5)cc(c1=O)c2c34.